The molecule has 132 valence electrons. The molecule has 1 aromatic carbocycles. The van der Waals surface area contributed by atoms with Crippen LogP contribution in [0, 0.1) is 5.92 Å². The van der Waals surface area contributed by atoms with E-state index in [-0.39, 0.29) is 24.4 Å². The fourth-order valence-electron chi connectivity index (χ4n) is 3.48. The molecule has 1 unspecified atom stereocenters. The second-order valence-electron chi connectivity index (χ2n) is 6.68. The Balaban J connectivity index is 1.69. The van der Waals surface area contributed by atoms with Gasteiger partial charge in [-0.15, -0.1) is 0 Å². The Labute approximate surface area is 143 Å². The van der Waals surface area contributed by atoms with Gasteiger partial charge in [-0.1, -0.05) is 18.2 Å². The molecule has 1 amide bonds. The highest BCUT2D eigenvalue weighted by molar-refractivity contribution is 7.89. The number of piperidine rings is 2. The molecule has 2 N–H and O–H groups in total. The third kappa shape index (κ3) is 3.63. The minimum atomic E-state index is -3.53. The van der Waals surface area contributed by atoms with E-state index in [2.05, 4.69) is 0 Å². The van der Waals surface area contributed by atoms with Crippen LogP contribution >= 0.6 is 0 Å². The molecule has 2 saturated heterocycles. The number of hydrogen-bond donors (Lipinski definition) is 1. The zero-order valence-corrected chi connectivity index (χ0v) is 14.6. The van der Waals surface area contributed by atoms with Crippen LogP contribution in [-0.4, -0.2) is 55.8 Å². The zero-order valence-electron chi connectivity index (χ0n) is 13.8. The van der Waals surface area contributed by atoms with E-state index >= 15 is 0 Å². The first kappa shape index (κ1) is 17.4. The van der Waals surface area contributed by atoms with Crippen molar-refractivity contribution in [1.82, 2.24) is 9.21 Å². The van der Waals surface area contributed by atoms with Crippen molar-refractivity contribution in [2.24, 2.45) is 11.7 Å². The van der Waals surface area contributed by atoms with Crippen LogP contribution in [0.3, 0.4) is 0 Å². The van der Waals surface area contributed by atoms with Crippen LogP contribution in [0.15, 0.2) is 35.2 Å². The SMILES string of the molecule is NC1CCN(C(=O)C2CCCN(S(=O)(=O)c3ccccc3)C2)CC1. The Morgan fingerprint density at radius 2 is 1.71 bits per heavy atom. The Hall–Kier alpha value is -1.44. The molecule has 2 aliphatic rings. The lowest BCUT2D eigenvalue weighted by molar-refractivity contribution is -0.137. The minimum absolute atomic E-state index is 0.0786. The highest BCUT2D eigenvalue weighted by atomic mass is 32.2. The Bertz CT molecular complexity index is 670. The van der Waals surface area contributed by atoms with Gasteiger partial charge in [-0.2, -0.15) is 4.31 Å². The van der Waals surface area contributed by atoms with Crippen molar-refractivity contribution < 1.29 is 13.2 Å². The third-order valence-corrected chi connectivity index (χ3v) is 6.84. The molecule has 3 rings (SSSR count). The molecule has 2 heterocycles. The van der Waals surface area contributed by atoms with Crippen molar-refractivity contribution in [2.75, 3.05) is 26.2 Å². The highest BCUT2D eigenvalue weighted by Gasteiger charge is 2.35. The van der Waals surface area contributed by atoms with Gasteiger partial charge in [-0.25, -0.2) is 8.42 Å². The maximum atomic E-state index is 12.8. The molecule has 2 aliphatic heterocycles. The van der Waals surface area contributed by atoms with Gasteiger partial charge in [0.25, 0.3) is 0 Å². The molecule has 2 fully saturated rings. The zero-order chi connectivity index (χ0) is 17.2. The van der Waals surface area contributed by atoms with E-state index in [1.807, 2.05) is 4.90 Å². The molecular weight excluding hydrogens is 326 g/mol. The van der Waals surface area contributed by atoms with Crippen molar-refractivity contribution >= 4 is 15.9 Å². The van der Waals surface area contributed by atoms with E-state index in [9.17, 15) is 13.2 Å². The molecule has 1 aromatic rings. The predicted molar refractivity (Wildman–Crippen MR) is 91.7 cm³/mol. The summed E-state index contributed by atoms with van der Waals surface area (Å²) in [6.07, 6.45) is 3.12. The van der Waals surface area contributed by atoms with Gasteiger partial charge in [0, 0.05) is 32.2 Å². The maximum absolute atomic E-state index is 12.8. The summed E-state index contributed by atoms with van der Waals surface area (Å²) in [6, 6.07) is 8.62. The molecule has 1 atom stereocenters. The number of carbonyl (C=O) groups excluding carboxylic acids is 1. The van der Waals surface area contributed by atoms with Crippen molar-refractivity contribution in [3.05, 3.63) is 30.3 Å². The number of rotatable bonds is 3. The average Bonchev–Trinajstić information content (AvgIpc) is 2.62. The van der Waals surface area contributed by atoms with E-state index < -0.39 is 10.0 Å². The van der Waals surface area contributed by atoms with Crippen LogP contribution in [0.2, 0.25) is 0 Å². The minimum Gasteiger partial charge on any atom is -0.342 e. The van der Waals surface area contributed by atoms with Gasteiger partial charge >= 0.3 is 0 Å². The summed E-state index contributed by atoms with van der Waals surface area (Å²) in [4.78, 5) is 14.9. The smallest absolute Gasteiger partial charge is 0.243 e. The molecule has 7 heteroatoms. The predicted octanol–water partition coefficient (Wildman–Crippen LogP) is 1.04. The van der Waals surface area contributed by atoms with E-state index in [4.69, 9.17) is 5.73 Å². The lowest BCUT2D eigenvalue weighted by Gasteiger charge is -2.36. The van der Waals surface area contributed by atoms with Crippen LogP contribution < -0.4 is 5.73 Å². The molecule has 0 spiro atoms. The van der Waals surface area contributed by atoms with Gasteiger partial charge in [0.1, 0.15) is 0 Å². The monoisotopic (exact) mass is 351 g/mol. The fourth-order valence-corrected chi connectivity index (χ4v) is 5.03. The van der Waals surface area contributed by atoms with Gasteiger partial charge in [-0.3, -0.25) is 4.79 Å². The van der Waals surface area contributed by atoms with Gasteiger partial charge in [0.05, 0.1) is 10.8 Å². The summed E-state index contributed by atoms with van der Waals surface area (Å²) >= 11 is 0. The van der Waals surface area contributed by atoms with Crippen LogP contribution in [0.1, 0.15) is 25.7 Å². The first-order valence-electron chi connectivity index (χ1n) is 8.58. The Morgan fingerprint density at radius 1 is 1.04 bits per heavy atom. The third-order valence-electron chi connectivity index (χ3n) is 4.97. The average molecular weight is 351 g/mol. The van der Waals surface area contributed by atoms with Gasteiger partial charge in [-0.05, 0) is 37.8 Å². The number of carbonyl (C=O) groups is 1. The lowest BCUT2D eigenvalue weighted by Crippen LogP contribution is -2.49. The standard InChI is InChI=1S/C17H25N3O3S/c18-15-8-11-19(12-9-15)17(21)14-5-4-10-20(13-14)24(22,23)16-6-2-1-3-7-16/h1-3,6-7,14-15H,4-5,8-13,18H2. The van der Waals surface area contributed by atoms with Crippen molar-refractivity contribution in [3.8, 4) is 0 Å². The number of sulfonamides is 1. The van der Waals surface area contributed by atoms with Gasteiger partial charge < -0.3 is 10.6 Å². The van der Waals surface area contributed by atoms with E-state index in [1.54, 1.807) is 30.3 Å². The first-order valence-corrected chi connectivity index (χ1v) is 10.0. The molecule has 0 bridgehead atoms. The number of amides is 1. The Kier molecular flexibility index (Phi) is 5.22. The number of nitrogens with two attached hydrogens (primary N) is 1. The Morgan fingerprint density at radius 3 is 2.38 bits per heavy atom. The fraction of sp³-hybridized carbons (Fsp3) is 0.588. The summed E-state index contributed by atoms with van der Waals surface area (Å²) < 4.78 is 27.0. The second kappa shape index (κ2) is 7.21. The number of nitrogens with zero attached hydrogens (tertiary/aromatic N) is 2. The van der Waals surface area contributed by atoms with E-state index in [1.165, 1.54) is 4.31 Å². The molecular formula is C17H25N3O3S. The number of hydrogen-bond acceptors (Lipinski definition) is 4. The molecule has 0 aromatic heterocycles. The van der Waals surface area contributed by atoms with E-state index in [0.717, 1.165) is 25.7 Å². The summed E-state index contributed by atoms with van der Waals surface area (Å²) in [6.45, 7) is 2.12. The van der Waals surface area contributed by atoms with Crippen LogP contribution in [0.25, 0.3) is 0 Å². The summed E-state index contributed by atoms with van der Waals surface area (Å²) in [5.74, 6) is -0.165. The van der Waals surface area contributed by atoms with Crippen molar-refractivity contribution in [2.45, 2.75) is 36.6 Å². The highest BCUT2D eigenvalue weighted by Crippen LogP contribution is 2.25. The van der Waals surface area contributed by atoms with Crippen molar-refractivity contribution in [1.29, 1.82) is 0 Å². The molecule has 0 aliphatic carbocycles. The van der Waals surface area contributed by atoms with Crippen LogP contribution in [0.4, 0.5) is 0 Å². The van der Waals surface area contributed by atoms with Gasteiger partial charge in [0.2, 0.25) is 15.9 Å². The van der Waals surface area contributed by atoms with Gasteiger partial charge in [0.15, 0.2) is 0 Å². The quantitative estimate of drug-likeness (QED) is 0.882. The van der Waals surface area contributed by atoms with Crippen LogP contribution in [-0.2, 0) is 14.8 Å². The van der Waals surface area contributed by atoms with Crippen molar-refractivity contribution in [3.63, 3.8) is 0 Å². The summed E-state index contributed by atoms with van der Waals surface area (Å²) in [5.41, 5.74) is 5.89. The number of benzene rings is 1. The first-order chi connectivity index (χ1) is 11.5. The lowest BCUT2D eigenvalue weighted by atomic mass is 9.96. The molecule has 0 saturated carbocycles. The second-order valence-corrected chi connectivity index (χ2v) is 8.62. The molecule has 6 nitrogen and oxygen atoms in total. The molecule has 24 heavy (non-hydrogen) atoms. The normalized spacial score (nSPS) is 24.0. The maximum Gasteiger partial charge on any atom is 0.243 e. The summed E-state index contributed by atoms with van der Waals surface area (Å²) in [7, 11) is -3.53. The summed E-state index contributed by atoms with van der Waals surface area (Å²) in [5, 5.41) is 0. The van der Waals surface area contributed by atoms with Crippen LogP contribution in [0.5, 0.6) is 0 Å². The van der Waals surface area contributed by atoms with E-state index in [0.29, 0.717) is 24.5 Å². The largest absolute Gasteiger partial charge is 0.342 e. The topological polar surface area (TPSA) is 83.7 Å². The molecule has 0 radical (unpaired) electrons. The number of likely N-dealkylation sites (tertiary alicyclic amines) is 1.